The minimum atomic E-state index is 0.887. The normalized spacial score (nSPS) is 12.1. The Labute approximate surface area is 310 Å². The van der Waals surface area contributed by atoms with E-state index in [1.807, 2.05) is 12.1 Å². The van der Waals surface area contributed by atoms with Gasteiger partial charge in [-0.2, -0.15) is 0 Å². The third-order valence-electron chi connectivity index (χ3n) is 11.4. The number of hydrogen-bond acceptors (Lipinski definition) is 2. The fourth-order valence-corrected chi connectivity index (χ4v) is 8.92. The van der Waals surface area contributed by atoms with Crippen molar-refractivity contribution in [2.45, 2.75) is 0 Å². The molecule has 0 spiro atoms. The molecule has 2 nitrogen and oxygen atoms in total. The molecule has 10 aromatic carbocycles. The van der Waals surface area contributed by atoms with Gasteiger partial charge in [-0.25, -0.2) is 0 Å². The summed E-state index contributed by atoms with van der Waals surface area (Å²) in [6.07, 6.45) is 0. The number of hydrogen-bond donors (Lipinski definition) is 0. The Hall–Kier alpha value is -7.16. The van der Waals surface area contributed by atoms with Crippen LogP contribution in [0.5, 0.6) is 0 Å². The molecule has 0 atom stereocenters. The highest BCUT2D eigenvalue weighted by molar-refractivity contribution is 6.24. The Morgan fingerprint density at radius 1 is 0.241 bits per heavy atom. The highest BCUT2D eigenvalue weighted by atomic mass is 16.3. The van der Waals surface area contributed by atoms with E-state index in [4.69, 9.17) is 8.83 Å². The lowest BCUT2D eigenvalue weighted by atomic mass is 9.85. The molecule has 0 aliphatic heterocycles. The second kappa shape index (κ2) is 11.2. The van der Waals surface area contributed by atoms with E-state index in [9.17, 15) is 0 Å². The summed E-state index contributed by atoms with van der Waals surface area (Å²) < 4.78 is 12.7. The summed E-state index contributed by atoms with van der Waals surface area (Å²) in [5, 5.41) is 14.4. The van der Waals surface area contributed by atoms with Crippen molar-refractivity contribution < 1.29 is 8.83 Å². The van der Waals surface area contributed by atoms with Crippen molar-refractivity contribution >= 4 is 87.0 Å². The molecule has 0 saturated carbocycles. The molecule has 0 unspecified atom stereocenters. The Balaban J connectivity index is 0.982. The van der Waals surface area contributed by atoms with Gasteiger partial charge in [-0.1, -0.05) is 140 Å². The zero-order valence-electron chi connectivity index (χ0n) is 29.1. The summed E-state index contributed by atoms with van der Waals surface area (Å²) in [7, 11) is 0. The van der Waals surface area contributed by atoms with Gasteiger partial charge in [0.1, 0.15) is 22.3 Å². The third-order valence-corrected chi connectivity index (χ3v) is 11.4. The van der Waals surface area contributed by atoms with Crippen LogP contribution in [-0.4, -0.2) is 0 Å². The van der Waals surface area contributed by atoms with E-state index >= 15 is 0 Å². The van der Waals surface area contributed by atoms with Gasteiger partial charge in [0.2, 0.25) is 0 Å². The fourth-order valence-electron chi connectivity index (χ4n) is 8.92. The van der Waals surface area contributed by atoms with Crippen LogP contribution in [0.3, 0.4) is 0 Å². The van der Waals surface area contributed by atoms with Crippen LogP contribution in [0.1, 0.15) is 0 Å². The standard InChI is InChI=1S/C52H30O2/c1-2-10-34-27-37(22-19-31(34)9-1)51-41-14-5-3-12-39(41)50(40-13-4-6-15-42(40)51)33-20-17-32(18-21-33)35-23-25-43-48(28-35)54-47-26-24-36-29-49-45(30-44(36)52(43)47)38-11-7-8-16-46(38)53-49/h1-30H. The van der Waals surface area contributed by atoms with Crippen LogP contribution < -0.4 is 0 Å². The Bertz CT molecular complexity index is 3430. The SMILES string of the molecule is c1ccc2cc(-c3c4ccccc4c(-c4ccc(-c5ccc6c(c5)oc5ccc7cc8oc9ccccc9c8cc7c56)cc4)c4ccccc34)ccc2c1. The van der Waals surface area contributed by atoms with Crippen molar-refractivity contribution in [1.82, 2.24) is 0 Å². The van der Waals surface area contributed by atoms with Gasteiger partial charge in [0, 0.05) is 21.5 Å². The van der Waals surface area contributed by atoms with Crippen LogP contribution in [-0.2, 0) is 0 Å². The monoisotopic (exact) mass is 686 g/mol. The van der Waals surface area contributed by atoms with Crippen molar-refractivity contribution in [2.75, 3.05) is 0 Å². The minimum absolute atomic E-state index is 0.887. The van der Waals surface area contributed by atoms with E-state index in [1.165, 1.54) is 60.0 Å². The summed E-state index contributed by atoms with van der Waals surface area (Å²) >= 11 is 0. The molecule has 12 aromatic rings. The number of furan rings is 2. The van der Waals surface area contributed by atoms with Crippen LogP contribution >= 0.6 is 0 Å². The van der Waals surface area contributed by atoms with E-state index in [0.29, 0.717) is 0 Å². The summed E-state index contributed by atoms with van der Waals surface area (Å²) in [5.74, 6) is 0. The molecule has 250 valence electrons. The van der Waals surface area contributed by atoms with E-state index in [0.717, 1.165) is 60.4 Å². The zero-order valence-corrected chi connectivity index (χ0v) is 29.1. The van der Waals surface area contributed by atoms with Crippen LogP contribution in [0.25, 0.3) is 120 Å². The quantitative estimate of drug-likeness (QED) is 0.173. The maximum Gasteiger partial charge on any atom is 0.136 e. The third kappa shape index (κ3) is 4.28. The lowest BCUT2D eigenvalue weighted by Crippen LogP contribution is -1.91. The molecule has 0 radical (unpaired) electrons. The summed E-state index contributed by atoms with van der Waals surface area (Å²) in [6, 6.07) is 65.7. The van der Waals surface area contributed by atoms with Crippen molar-refractivity contribution in [1.29, 1.82) is 0 Å². The number of rotatable bonds is 3. The molecule has 12 rings (SSSR count). The van der Waals surface area contributed by atoms with Crippen LogP contribution in [0.2, 0.25) is 0 Å². The van der Waals surface area contributed by atoms with Gasteiger partial charge >= 0.3 is 0 Å². The molecular weight excluding hydrogens is 657 g/mol. The Morgan fingerprint density at radius 2 is 0.796 bits per heavy atom. The Morgan fingerprint density at radius 3 is 1.56 bits per heavy atom. The molecular formula is C52H30O2. The first-order valence-electron chi connectivity index (χ1n) is 18.5. The molecule has 0 amide bonds. The average Bonchev–Trinajstić information content (AvgIpc) is 3.79. The minimum Gasteiger partial charge on any atom is -0.456 e. The van der Waals surface area contributed by atoms with Crippen LogP contribution in [0.4, 0.5) is 0 Å². The molecule has 54 heavy (non-hydrogen) atoms. The van der Waals surface area contributed by atoms with Gasteiger partial charge < -0.3 is 8.83 Å². The lowest BCUT2D eigenvalue weighted by molar-refractivity contribution is 0.668. The van der Waals surface area contributed by atoms with Crippen molar-refractivity contribution in [3.63, 3.8) is 0 Å². The lowest BCUT2D eigenvalue weighted by Gasteiger charge is -2.18. The van der Waals surface area contributed by atoms with Crippen LogP contribution in [0.15, 0.2) is 191 Å². The molecule has 2 aromatic heterocycles. The van der Waals surface area contributed by atoms with Crippen molar-refractivity contribution in [3.05, 3.63) is 182 Å². The second-order valence-corrected chi connectivity index (χ2v) is 14.4. The summed E-state index contributed by atoms with van der Waals surface area (Å²) in [4.78, 5) is 0. The van der Waals surface area contributed by atoms with Crippen molar-refractivity contribution in [3.8, 4) is 33.4 Å². The predicted octanol–water partition coefficient (Wildman–Crippen LogP) is 15.1. The summed E-state index contributed by atoms with van der Waals surface area (Å²) in [6.45, 7) is 0. The predicted molar refractivity (Wildman–Crippen MR) is 227 cm³/mol. The fraction of sp³-hybridized carbons (Fsp3) is 0. The average molecular weight is 687 g/mol. The first kappa shape index (κ1) is 29.4. The number of benzene rings is 10. The maximum absolute atomic E-state index is 6.54. The van der Waals surface area contributed by atoms with Gasteiger partial charge in [-0.15, -0.1) is 0 Å². The molecule has 0 aliphatic carbocycles. The first-order valence-corrected chi connectivity index (χ1v) is 18.5. The molecule has 0 N–H and O–H groups in total. The largest absolute Gasteiger partial charge is 0.456 e. The smallest absolute Gasteiger partial charge is 0.136 e. The highest BCUT2D eigenvalue weighted by Gasteiger charge is 2.18. The van der Waals surface area contributed by atoms with Gasteiger partial charge in [0.25, 0.3) is 0 Å². The highest BCUT2D eigenvalue weighted by Crippen LogP contribution is 2.45. The van der Waals surface area contributed by atoms with E-state index < -0.39 is 0 Å². The van der Waals surface area contributed by atoms with Crippen LogP contribution in [0, 0.1) is 0 Å². The topological polar surface area (TPSA) is 26.3 Å². The van der Waals surface area contributed by atoms with E-state index in [2.05, 4.69) is 170 Å². The second-order valence-electron chi connectivity index (χ2n) is 14.4. The van der Waals surface area contributed by atoms with E-state index in [1.54, 1.807) is 0 Å². The molecule has 0 bridgehead atoms. The molecule has 0 saturated heterocycles. The Kier molecular flexibility index (Phi) is 6.09. The molecule has 2 heterocycles. The number of fused-ring (bicyclic) bond motifs is 11. The van der Waals surface area contributed by atoms with Gasteiger partial charge in [-0.05, 0) is 119 Å². The number of para-hydroxylation sites is 1. The van der Waals surface area contributed by atoms with Gasteiger partial charge in [0.05, 0.1) is 0 Å². The molecule has 0 fully saturated rings. The summed E-state index contributed by atoms with van der Waals surface area (Å²) in [5.41, 5.74) is 10.8. The van der Waals surface area contributed by atoms with Gasteiger partial charge in [0.15, 0.2) is 0 Å². The molecule has 2 heteroatoms. The first-order chi connectivity index (χ1) is 26.7. The van der Waals surface area contributed by atoms with Crippen molar-refractivity contribution in [2.24, 2.45) is 0 Å². The van der Waals surface area contributed by atoms with Gasteiger partial charge in [-0.3, -0.25) is 0 Å². The maximum atomic E-state index is 6.54. The van der Waals surface area contributed by atoms with E-state index in [-0.39, 0.29) is 0 Å². The zero-order chi connectivity index (χ0) is 35.3. The molecule has 0 aliphatic rings.